The van der Waals surface area contributed by atoms with Gasteiger partial charge in [0.2, 0.25) is 0 Å². The Morgan fingerprint density at radius 1 is 0.600 bits per heavy atom. The van der Waals surface area contributed by atoms with Crippen molar-refractivity contribution in [3.63, 3.8) is 0 Å². The fourth-order valence-corrected chi connectivity index (χ4v) is 6.64. The van der Waals surface area contributed by atoms with Crippen molar-refractivity contribution in [3.05, 3.63) is 0 Å². The summed E-state index contributed by atoms with van der Waals surface area (Å²) in [5.74, 6) is 5.90. The lowest BCUT2D eigenvalue weighted by Crippen LogP contribution is -2.45. The van der Waals surface area contributed by atoms with Crippen LogP contribution in [0, 0.1) is 59.2 Å². The van der Waals surface area contributed by atoms with Crippen molar-refractivity contribution in [3.8, 4) is 0 Å². The molecule has 2 bridgehead atoms. The third kappa shape index (κ3) is 0.409. The van der Waals surface area contributed by atoms with Crippen molar-refractivity contribution in [1.82, 2.24) is 0 Å². The molecule has 0 radical (unpaired) electrons. The number of esters is 2. The molecule has 7 aliphatic rings. The third-order valence-electron chi connectivity index (χ3n) is 6.57. The van der Waals surface area contributed by atoms with Gasteiger partial charge in [-0.1, -0.05) is 0 Å². The largest absolute Gasteiger partial charge is 0.393 e. The van der Waals surface area contributed by atoms with Crippen molar-refractivity contribution < 1.29 is 14.3 Å². The van der Waals surface area contributed by atoms with Gasteiger partial charge in [-0.15, -0.1) is 0 Å². The molecule has 0 aromatic rings. The molecule has 7 fully saturated rings. The SMILES string of the molecule is O=C1OC(=O)[C@H]2C3C4C5C6C(C63)C(C54)[C@@H]12. The predicted molar refractivity (Wildman–Crippen MR) is 46.0 cm³/mol. The van der Waals surface area contributed by atoms with E-state index in [-0.39, 0.29) is 23.8 Å². The highest BCUT2D eigenvalue weighted by atomic mass is 16.6. The molecule has 6 saturated carbocycles. The summed E-state index contributed by atoms with van der Waals surface area (Å²) in [7, 11) is 0. The average Bonchev–Trinajstić information content (AvgIpc) is 2.99. The number of ether oxygens (including phenoxy) is 1. The second-order valence-electron chi connectivity index (χ2n) is 6.41. The Balaban J connectivity index is 1.65. The highest BCUT2D eigenvalue weighted by Gasteiger charge is 2.93. The summed E-state index contributed by atoms with van der Waals surface area (Å²) in [5, 5.41) is 0. The van der Waals surface area contributed by atoms with E-state index in [1.165, 1.54) is 0 Å². The standard InChI is InChI=1S/C12H10O3/c13-11-9-7-3-1-2-5(7)6(2)8(4(1)3)10(9)12(14)15-11/h1-10H/t1?,2?,3?,4?,5?,6?,7?,8?,9-,10+. The smallest absolute Gasteiger partial charge is 0.317 e. The number of rotatable bonds is 0. The van der Waals surface area contributed by atoms with Crippen LogP contribution in [0.2, 0.25) is 0 Å². The maximum atomic E-state index is 11.7. The molecule has 7 rings (SSSR count). The molecule has 3 nitrogen and oxygen atoms in total. The number of carbonyl (C=O) groups is 2. The molecule has 0 amide bonds. The monoisotopic (exact) mass is 202 g/mol. The minimum Gasteiger partial charge on any atom is -0.393 e. The molecular weight excluding hydrogens is 192 g/mol. The molecule has 6 aliphatic carbocycles. The van der Waals surface area contributed by atoms with Crippen LogP contribution in [-0.2, 0) is 14.3 Å². The Bertz CT molecular complexity index is 407. The molecule has 1 aliphatic heterocycles. The van der Waals surface area contributed by atoms with E-state index in [0.717, 1.165) is 35.5 Å². The van der Waals surface area contributed by atoms with E-state index in [2.05, 4.69) is 0 Å². The summed E-state index contributed by atoms with van der Waals surface area (Å²) < 4.78 is 4.86. The van der Waals surface area contributed by atoms with E-state index >= 15 is 0 Å². The fourth-order valence-electron chi connectivity index (χ4n) is 6.64. The highest BCUT2D eigenvalue weighted by Crippen LogP contribution is 2.93. The van der Waals surface area contributed by atoms with Crippen LogP contribution >= 0.6 is 0 Å². The maximum absolute atomic E-state index is 11.7. The van der Waals surface area contributed by atoms with Gasteiger partial charge in [0.15, 0.2) is 0 Å². The van der Waals surface area contributed by atoms with Crippen LogP contribution < -0.4 is 0 Å². The lowest BCUT2D eigenvalue weighted by molar-refractivity contribution is -0.154. The minimum absolute atomic E-state index is 0.0116. The highest BCUT2D eigenvalue weighted by molar-refractivity contribution is 5.98. The second kappa shape index (κ2) is 1.48. The van der Waals surface area contributed by atoms with Crippen LogP contribution in [-0.4, -0.2) is 11.9 Å². The molecular formula is C12H10O3. The zero-order valence-corrected chi connectivity index (χ0v) is 8.00. The second-order valence-corrected chi connectivity index (χ2v) is 6.41. The first-order valence-corrected chi connectivity index (χ1v) is 6.06. The Kier molecular flexibility index (Phi) is 0.659. The Morgan fingerprint density at radius 2 is 0.933 bits per heavy atom. The van der Waals surface area contributed by atoms with Gasteiger partial charge >= 0.3 is 11.9 Å². The fraction of sp³-hybridized carbons (Fsp3) is 0.833. The van der Waals surface area contributed by atoms with Gasteiger partial charge in [-0.3, -0.25) is 9.59 Å². The van der Waals surface area contributed by atoms with Gasteiger partial charge in [-0.2, -0.15) is 0 Å². The van der Waals surface area contributed by atoms with E-state index in [4.69, 9.17) is 4.74 Å². The molecule has 1 heterocycles. The lowest BCUT2D eigenvalue weighted by Gasteiger charge is -2.40. The van der Waals surface area contributed by atoms with Crippen LogP contribution in [0.15, 0.2) is 0 Å². The summed E-state index contributed by atoms with van der Waals surface area (Å²) in [6.07, 6.45) is 0. The summed E-state index contributed by atoms with van der Waals surface area (Å²) in [5.41, 5.74) is 0. The molecule has 1 saturated heterocycles. The molecule has 0 aromatic carbocycles. The first-order valence-electron chi connectivity index (χ1n) is 6.06. The van der Waals surface area contributed by atoms with Crippen molar-refractivity contribution in [2.24, 2.45) is 59.2 Å². The lowest BCUT2D eigenvalue weighted by atomic mass is 9.59. The molecule has 3 heteroatoms. The number of carbonyl (C=O) groups excluding carboxylic acids is 2. The van der Waals surface area contributed by atoms with Gasteiger partial charge in [0.25, 0.3) is 0 Å². The van der Waals surface area contributed by atoms with Crippen LogP contribution in [0.25, 0.3) is 0 Å². The van der Waals surface area contributed by atoms with E-state index in [0.29, 0.717) is 11.8 Å². The quantitative estimate of drug-likeness (QED) is 0.419. The summed E-state index contributed by atoms with van der Waals surface area (Å²) >= 11 is 0. The topological polar surface area (TPSA) is 43.4 Å². The summed E-state index contributed by atoms with van der Waals surface area (Å²) in [6.45, 7) is 0. The van der Waals surface area contributed by atoms with Crippen molar-refractivity contribution in [2.75, 3.05) is 0 Å². The minimum atomic E-state index is -0.185. The third-order valence-corrected chi connectivity index (χ3v) is 6.57. The van der Waals surface area contributed by atoms with Crippen molar-refractivity contribution in [2.45, 2.75) is 0 Å². The zero-order chi connectivity index (χ0) is 9.64. The van der Waals surface area contributed by atoms with E-state index < -0.39 is 0 Å². The Morgan fingerprint density at radius 3 is 1.33 bits per heavy atom. The van der Waals surface area contributed by atoms with Crippen LogP contribution in [0.1, 0.15) is 0 Å². The summed E-state index contributed by atoms with van der Waals surface area (Å²) in [4.78, 5) is 23.4. The normalized spacial score (nSPS) is 78.1. The van der Waals surface area contributed by atoms with Crippen LogP contribution in [0.3, 0.4) is 0 Å². The van der Waals surface area contributed by atoms with Crippen LogP contribution in [0.5, 0.6) is 0 Å². The molecule has 0 spiro atoms. The van der Waals surface area contributed by atoms with Crippen molar-refractivity contribution in [1.29, 1.82) is 0 Å². The van der Waals surface area contributed by atoms with E-state index in [9.17, 15) is 9.59 Å². The first kappa shape index (κ1) is 6.66. The number of hydrogen-bond donors (Lipinski definition) is 0. The van der Waals surface area contributed by atoms with Crippen molar-refractivity contribution >= 4 is 11.9 Å². The zero-order valence-electron chi connectivity index (χ0n) is 8.00. The van der Waals surface area contributed by atoms with E-state index in [1.54, 1.807) is 0 Å². The first-order chi connectivity index (χ1) is 7.30. The van der Waals surface area contributed by atoms with Gasteiger partial charge in [-0.05, 0) is 47.3 Å². The van der Waals surface area contributed by atoms with Gasteiger partial charge in [0.05, 0.1) is 11.8 Å². The molecule has 0 aromatic heterocycles. The molecule has 76 valence electrons. The maximum Gasteiger partial charge on any atom is 0.317 e. The number of hydrogen-bond acceptors (Lipinski definition) is 3. The molecule has 15 heavy (non-hydrogen) atoms. The van der Waals surface area contributed by atoms with Gasteiger partial charge in [0, 0.05) is 0 Å². The average molecular weight is 202 g/mol. The molecule has 8 atom stereocenters. The van der Waals surface area contributed by atoms with Gasteiger partial charge in [0.1, 0.15) is 0 Å². The number of cyclic esters (lactones) is 2. The van der Waals surface area contributed by atoms with Gasteiger partial charge in [-0.25, -0.2) is 0 Å². The molecule has 6 unspecified atom stereocenters. The van der Waals surface area contributed by atoms with E-state index in [1.807, 2.05) is 0 Å². The van der Waals surface area contributed by atoms with Gasteiger partial charge < -0.3 is 4.74 Å². The molecule has 0 N–H and O–H groups in total. The Labute approximate surface area is 86.2 Å². The predicted octanol–water partition coefficient (Wildman–Crippen LogP) is 0.300. The Hall–Kier alpha value is -0.860. The summed E-state index contributed by atoms with van der Waals surface area (Å²) in [6, 6.07) is 0. The van der Waals surface area contributed by atoms with Crippen LogP contribution in [0.4, 0.5) is 0 Å².